The predicted octanol–water partition coefficient (Wildman–Crippen LogP) is 3.08. The molecule has 0 aromatic carbocycles. The summed E-state index contributed by atoms with van der Waals surface area (Å²) < 4.78 is 14.3. The molecule has 5 heteroatoms. The molecule has 1 saturated heterocycles. The topological polar surface area (TPSA) is 53.4 Å². The summed E-state index contributed by atoms with van der Waals surface area (Å²) >= 11 is 0. The first kappa shape index (κ1) is 13.8. The van der Waals surface area contributed by atoms with Crippen LogP contribution in [-0.4, -0.2) is 28.6 Å². The Labute approximate surface area is 112 Å². The van der Waals surface area contributed by atoms with Gasteiger partial charge in [0.2, 0.25) is 0 Å². The first-order chi connectivity index (χ1) is 9.15. The van der Waals surface area contributed by atoms with Crippen molar-refractivity contribution in [1.29, 1.82) is 0 Å². The molecule has 1 aromatic rings. The molecule has 1 aromatic heterocycles. The van der Waals surface area contributed by atoms with E-state index in [1.807, 2.05) is 4.90 Å². The first-order valence-electron chi connectivity index (χ1n) is 6.79. The van der Waals surface area contributed by atoms with Crippen LogP contribution in [0.4, 0.5) is 10.2 Å². The van der Waals surface area contributed by atoms with Crippen LogP contribution in [0.2, 0.25) is 0 Å². The van der Waals surface area contributed by atoms with E-state index in [9.17, 15) is 9.18 Å². The van der Waals surface area contributed by atoms with Crippen molar-refractivity contribution in [3.05, 3.63) is 23.6 Å². The fourth-order valence-electron chi connectivity index (χ4n) is 2.68. The largest absolute Gasteiger partial charge is 0.478 e. The van der Waals surface area contributed by atoms with Gasteiger partial charge >= 0.3 is 5.97 Å². The van der Waals surface area contributed by atoms with Crippen LogP contribution in [-0.2, 0) is 0 Å². The monoisotopic (exact) mass is 266 g/mol. The fraction of sp³-hybridized carbons (Fsp3) is 0.571. The van der Waals surface area contributed by atoms with E-state index in [1.54, 1.807) is 0 Å². The van der Waals surface area contributed by atoms with Gasteiger partial charge in [0.15, 0.2) is 11.6 Å². The van der Waals surface area contributed by atoms with Crippen LogP contribution in [0.5, 0.6) is 0 Å². The molecule has 1 N–H and O–H groups in total. The van der Waals surface area contributed by atoms with E-state index in [1.165, 1.54) is 12.3 Å². The normalized spacial score (nSPS) is 20.1. The van der Waals surface area contributed by atoms with E-state index in [2.05, 4.69) is 11.9 Å². The Balaban J connectivity index is 2.38. The van der Waals surface area contributed by atoms with Gasteiger partial charge in [0.25, 0.3) is 0 Å². The molecule has 19 heavy (non-hydrogen) atoms. The van der Waals surface area contributed by atoms with Gasteiger partial charge in [0.05, 0.1) is 0 Å². The lowest BCUT2D eigenvalue weighted by molar-refractivity contribution is 0.0691. The van der Waals surface area contributed by atoms with Gasteiger partial charge in [-0.25, -0.2) is 14.2 Å². The van der Waals surface area contributed by atoms with Crippen LogP contribution in [0.1, 0.15) is 49.4 Å². The molecule has 1 atom stereocenters. The fourth-order valence-corrected chi connectivity index (χ4v) is 2.68. The molecular weight excluding hydrogens is 247 g/mol. The number of carbonyl (C=O) groups is 1. The number of anilines is 1. The minimum Gasteiger partial charge on any atom is -0.478 e. The molecule has 0 radical (unpaired) electrons. The summed E-state index contributed by atoms with van der Waals surface area (Å²) in [6.07, 6.45) is 6.56. The standard InChI is InChI=1S/C14H19FN2O2/c1-2-10-6-4-3-5-9-17(10)13-12(15)11(14(18)19)7-8-16-13/h7-8,10H,2-6,9H2,1H3,(H,18,19). The summed E-state index contributed by atoms with van der Waals surface area (Å²) in [6.45, 7) is 2.81. The van der Waals surface area contributed by atoms with E-state index in [0.717, 1.165) is 38.6 Å². The molecule has 4 nitrogen and oxygen atoms in total. The van der Waals surface area contributed by atoms with Crippen LogP contribution in [0.25, 0.3) is 0 Å². The number of nitrogens with zero attached hydrogens (tertiary/aromatic N) is 2. The minimum atomic E-state index is -1.25. The molecule has 0 aliphatic carbocycles. The van der Waals surface area contributed by atoms with E-state index in [-0.39, 0.29) is 17.4 Å². The maximum Gasteiger partial charge on any atom is 0.338 e. The van der Waals surface area contributed by atoms with Gasteiger partial charge in [-0.05, 0) is 25.3 Å². The summed E-state index contributed by atoms with van der Waals surface area (Å²) in [7, 11) is 0. The third-order valence-electron chi connectivity index (χ3n) is 3.72. The number of rotatable bonds is 3. The van der Waals surface area contributed by atoms with Crippen molar-refractivity contribution in [2.75, 3.05) is 11.4 Å². The molecule has 104 valence electrons. The molecular formula is C14H19FN2O2. The highest BCUT2D eigenvalue weighted by atomic mass is 19.1. The van der Waals surface area contributed by atoms with Crippen molar-refractivity contribution in [3.8, 4) is 0 Å². The van der Waals surface area contributed by atoms with Gasteiger partial charge in [-0.1, -0.05) is 19.8 Å². The number of carboxylic acid groups (broad SMARTS) is 1. The molecule has 1 fully saturated rings. The van der Waals surface area contributed by atoms with Crippen molar-refractivity contribution in [1.82, 2.24) is 4.98 Å². The number of halogens is 1. The molecule has 2 heterocycles. The number of pyridine rings is 1. The lowest BCUT2D eigenvalue weighted by Gasteiger charge is -2.30. The lowest BCUT2D eigenvalue weighted by atomic mass is 10.1. The van der Waals surface area contributed by atoms with Crippen molar-refractivity contribution in [3.63, 3.8) is 0 Å². The van der Waals surface area contributed by atoms with E-state index in [4.69, 9.17) is 5.11 Å². The van der Waals surface area contributed by atoms with Gasteiger partial charge in [-0.15, -0.1) is 0 Å². The number of hydrogen-bond acceptors (Lipinski definition) is 3. The van der Waals surface area contributed by atoms with Crippen LogP contribution < -0.4 is 4.90 Å². The Hall–Kier alpha value is -1.65. The molecule has 2 rings (SSSR count). The van der Waals surface area contributed by atoms with Gasteiger partial charge in [0.1, 0.15) is 5.56 Å². The second-order valence-electron chi connectivity index (χ2n) is 4.91. The highest BCUT2D eigenvalue weighted by molar-refractivity contribution is 5.88. The third-order valence-corrected chi connectivity index (χ3v) is 3.72. The predicted molar refractivity (Wildman–Crippen MR) is 71.0 cm³/mol. The number of hydrogen-bond donors (Lipinski definition) is 1. The Morgan fingerprint density at radius 3 is 3.00 bits per heavy atom. The molecule has 1 unspecified atom stereocenters. The number of aromatic carboxylic acids is 1. The summed E-state index contributed by atoms with van der Waals surface area (Å²) in [5, 5.41) is 8.98. The Morgan fingerprint density at radius 2 is 2.32 bits per heavy atom. The SMILES string of the molecule is CCC1CCCCCN1c1nccc(C(=O)O)c1F. The average molecular weight is 266 g/mol. The van der Waals surface area contributed by atoms with Gasteiger partial charge in [-0.2, -0.15) is 0 Å². The zero-order chi connectivity index (χ0) is 13.8. The van der Waals surface area contributed by atoms with Crippen LogP contribution in [0.3, 0.4) is 0 Å². The van der Waals surface area contributed by atoms with Gasteiger partial charge < -0.3 is 10.0 Å². The second-order valence-corrected chi connectivity index (χ2v) is 4.91. The maximum atomic E-state index is 14.3. The van der Waals surface area contributed by atoms with Gasteiger partial charge in [-0.3, -0.25) is 0 Å². The highest BCUT2D eigenvalue weighted by Gasteiger charge is 2.25. The van der Waals surface area contributed by atoms with Crippen molar-refractivity contribution in [2.24, 2.45) is 0 Å². The summed E-state index contributed by atoms with van der Waals surface area (Å²) in [5.74, 6) is -1.77. The van der Waals surface area contributed by atoms with Crippen molar-refractivity contribution in [2.45, 2.75) is 45.1 Å². The van der Waals surface area contributed by atoms with E-state index >= 15 is 0 Å². The molecule has 0 amide bonds. The van der Waals surface area contributed by atoms with Crippen molar-refractivity contribution < 1.29 is 14.3 Å². The number of aromatic nitrogens is 1. The van der Waals surface area contributed by atoms with Gasteiger partial charge in [0, 0.05) is 18.8 Å². The molecule has 0 saturated carbocycles. The zero-order valence-corrected chi connectivity index (χ0v) is 11.1. The Bertz CT molecular complexity index is 465. The third kappa shape index (κ3) is 2.85. The highest BCUT2D eigenvalue weighted by Crippen LogP contribution is 2.27. The lowest BCUT2D eigenvalue weighted by Crippen LogP contribution is -2.36. The number of carboxylic acids is 1. The summed E-state index contributed by atoms with van der Waals surface area (Å²) in [5.41, 5.74) is -0.302. The minimum absolute atomic E-state index is 0.189. The van der Waals surface area contributed by atoms with E-state index < -0.39 is 11.8 Å². The Morgan fingerprint density at radius 1 is 1.53 bits per heavy atom. The van der Waals surface area contributed by atoms with E-state index in [0.29, 0.717) is 0 Å². The molecule has 1 aliphatic heterocycles. The second kappa shape index (κ2) is 5.99. The molecule has 1 aliphatic rings. The average Bonchev–Trinajstić information content (AvgIpc) is 2.63. The maximum absolute atomic E-state index is 14.3. The van der Waals surface area contributed by atoms with Crippen LogP contribution >= 0.6 is 0 Å². The molecule has 0 spiro atoms. The summed E-state index contributed by atoms with van der Waals surface area (Å²) in [4.78, 5) is 17.0. The van der Waals surface area contributed by atoms with Crippen LogP contribution in [0, 0.1) is 5.82 Å². The van der Waals surface area contributed by atoms with Crippen molar-refractivity contribution >= 4 is 11.8 Å². The first-order valence-corrected chi connectivity index (χ1v) is 6.79. The molecule has 0 bridgehead atoms. The quantitative estimate of drug-likeness (QED) is 0.913. The summed E-state index contributed by atoms with van der Waals surface area (Å²) in [6, 6.07) is 1.45. The Kier molecular flexibility index (Phi) is 4.35. The zero-order valence-electron chi connectivity index (χ0n) is 11.1. The van der Waals surface area contributed by atoms with Crippen LogP contribution in [0.15, 0.2) is 12.3 Å². The smallest absolute Gasteiger partial charge is 0.338 e.